The Hall–Kier alpha value is -3.05. The van der Waals surface area contributed by atoms with Crippen molar-refractivity contribution < 1.29 is 9.53 Å². The van der Waals surface area contributed by atoms with Gasteiger partial charge in [-0.1, -0.05) is 35.9 Å². The Kier molecular flexibility index (Phi) is 7.27. The van der Waals surface area contributed by atoms with Gasteiger partial charge in [-0.15, -0.1) is 11.8 Å². The van der Waals surface area contributed by atoms with Crippen LogP contribution in [0, 0.1) is 6.92 Å². The van der Waals surface area contributed by atoms with Crippen molar-refractivity contribution in [1.29, 1.82) is 0 Å². The van der Waals surface area contributed by atoms with Gasteiger partial charge in [-0.05, 0) is 61.0 Å². The highest BCUT2D eigenvalue weighted by molar-refractivity contribution is 7.99. The maximum absolute atomic E-state index is 11.9. The molecule has 142 valence electrons. The molecule has 1 amide bonds. The molecule has 1 N–H and O–H groups in total. The highest BCUT2D eigenvalue weighted by atomic mass is 32.2. The number of hydrogen-bond acceptors (Lipinski definition) is 4. The maximum Gasteiger partial charge on any atom is 0.271 e. The molecular formula is C23H22N2O2S. The molecule has 0 aliphatic carbocycles. The number of amides is 1. The number of benzene rings is 3. The predicted octanol–water partition coefficient (Wildman–Crippen LogP) is 4.93. The van der Waals surface area contributed by atoms with Gasteiger partial charge in [0.1, 0.15) is 5.75 Å². The Bertz CT molecular complexity index is 908. The second-order valence-corrected chi connectivity index (χ2v) is 7.31. The molecule has 0 aliphatic rings. The number of nitrogens with zero attached hydrogens (tertiary/aromatic N) is 1. The molecule has 0 spiro atoms. The number of rotatable bonds is 8. The molecule has 0 aliphatic heterocycles. The van der Waals surface area contributed by atoms with Gasteiger partial charge in [0.15, 0.2) is 0 Å². The quantitative estimate of drug-likeness (QED) is 0.257. The Morgan fingerprint density at radius 2 is 1.71 bits per heavy atom. The third-order valence-corrected chi connectivity index (χ3v) is 4.91. The number of aryl methyl sites for hydroxylation is 1. The van der Waals surface area contributed by atoms with Crippen LogP contribution in [0.1, 0.15) is 21.5 Å². The molecule has 0 unspecified atom stereocenters. The lowest BCUT2D eigenvalue weighted by Gasteiger charge is -2.06. The summed E-state index contributed by atoms with van der Waals surface area (Å²) in [4.78, 5) is 13.2. The van der Waals surface area contributed by atoms with Gasteiger partial charge >= 0.3 is 0 Å². The molecule has 4 nitrogen and oxygen atoms in total. The summed E-state index contributed by atoms with van der Waals surface area (Å²) in [6.07, 6.45) is 1.61. The molecule has 0 saturated heterocycles. The number of hydrazone groups is 1. The summed E-state index contributed by atoms with van der Waals surface area (Å²) in [5.41, 5.74) is 5.25. The van der Waals surface area contributed by atoms with E-state index < -0.39 is 0 Å². The molecule has 0 bridgehead atoms. The first-order valence-electron chi connectivity index (χ1n) is 9.01. The minimum absolute atomic E-state index is 0.233. The second-order valence-electron chi connectivity index (χ2n) is 6.14. The van der Waals surface area contributed by atoms with Gasteiger partial charge in [-0.3, -0.25) is 4.79 Å². The van der Waals surface area contributed by atoms with E-state index in [2.05, 4.69) is 41.7 Å². The zero-order valence-electron chi connectivity index (χ0n) is 15.7. The number of nitrogens with one attached hydrogen (secondary N) is 1. The smallest absolute Gasteiger partial charge is 0.271 e. The molecule has 5 heteroatoms. The lowest BCUT2D eigenvalue weighted by molar-refractivity contribution is 0.0955. The highest BCUT2D eigenvalue weighted by Crippen LogP contribution is 2.18. The zero-order valence-corrected chi connectivity index (χ0v) is 16.5. The van der Waals surface area contributed by atoms with Crippen LogP contribution in [0.25, 0.3) is 0 Å². The minimum atomic E-state index is -0.233. The Labute approximate surface area is 169 Å². The Morgan fingerprint density at radius 3 is 2.43 bits per heavy atom. The van der Waals surface area contributed by atoms with Gasteiger partial charge in [0, 0.05) is 16.2 Å². The molecular weight excluding hydrogens is 368 g/mol. The number of hydrogen-bond donors (Lipinski definition) is 1. The van der Waals surface area contributed by atoms with Crippen molar-refractivity contribution in [3.8, 4) is 5.75 Å². The second kappa shape index (κ2) is 10.3. The van der Waals surface area contributed by atoms with Gasteiger partial charge < -0.3 is 4.74 Å². The standard InChI is InChI=1S/C23H22N2O2S/c1-18-7-13-22(14-8-18)28-16-15-27-21-11-9-19(10-12-21)17-24-25-23(26)20-5-3-2-4-6-20/h2-14,17H,15-16H2,1H3,(H,25,26)/b24-17+. The SMILES string of the molecule is Cc1ccc(SCCOc2ccc(/C=N/NC(=O)c3ccccc3)cc2)cc1. The summed E-state index contributed by atoms with van der Waals surface area (Å²) in [5.74, 6) is 1.47. The van der Waals surface area contributed by atoms with E-state index in [1.54, 1.807) is 30.1 Å². The van der Waals surface area contributed by atoms with Crippen molar-refractivity contribution in [2.45, 2.75) is 11.8 Å². The summed E-state index contributed by atoms with van der Waals surface area (Å²) in [6, 6.07) is 25.1. The number of ether oxygens (including phenoxy) is 1. The summed E-state index contributed by atoms with van der Waals surface area (Å²) in [6.45, 7) is 2.72. The van der Waals surface area contributed by atoms with Crippen LogP contribution in [0.4, 0.5) is 0 Å². The summed E-state index contributed by atoms with van der Waals surface area (Å²) >= 11 is 1.78. The van der Waals surface area contributed by atoms with Crippen LogP contribution in [-0.2, 0) is 0 Å². The molecule has 3 aromatic rings. The lowest BCUT2D eigenvalue weighted by Crippen LogP contribution is -2.17. The van der Waals surface area contributed by atoms with E-state index in [1.807, 2.05) is 42.5 Å². The van der Waals surface area contributed by atoms with Gasteiger partial charge in [0.2, 0.25) is 0 Å². The van der Waals surface area contributed by atoms with E-state index in [9.17, 15) is 4.79 Å². The maximum atomic E-state index is 11.9. The fourth-order valence-electron chi connectivity index (χ4n) is 2.42. The number of thioether (sulfide) groups is 1. The van der Waals surface area contributed by atoms with Crippen LogP contribution in [0.3, 0.4) is 0 Å². The van der Waals surface area contributed by atoms with Crippen LogP contribution < -0.4 is 10.2 Å². The van der Waals surface area contributed by atoms with Crippen molar-refractivity contribution in [2.75, 3.05) is 12.4 Å². The summed E-state index contributed by atoms with van der Waals surface area (Å²) in [5, 5.41) is 3.99. The van der Waals surface area contributed by atoms with E-state index in [4.69, 9.17) is 4.74 Å². The molecule has 0 fully saturated rings. The van der Waals surface area contributed by atoms with Crippen molar-refractivity contribution in [3.05, 3.63) is 95.6 Å². The Balaban J connectivity index is 1.40. The van der Waals surface area contributed by atoms with Crippen LogP contribution in [0.2, 0.25) is 0 Å². The van der Waals surface area contributed by atoms with Gasteiger partial charge in [-0.25, -0.2) is 5.43 Å². The van der Waals surface area contributed by atoms with Crippen molar-refractivity contribution in [2.24, 2.45) is 5.10 Å². The molecule has 3 rings (SSSR count). The van der Waals surface area contributed by atoms with E-state index in [1.165, 1.54) is 10.5 Å². The molecule has 3 aromatic carbocycles. The minimum Gasteiger partial charge on any atom is -0.493 e. The van der Waals surface area contributed by atoms with Crippen LogP contribution in [0.15, 0.2) is 88.9 Å². The number of carbonyl (C=O) groups excluding carboxylic acids is 1. The first-order chi connectivity index (χ1) is 13.7. The average Bonchev–Trinajstić information content (AvgIpc) is 2.74. The van der Waals surface area contributed by atoms with Gasteiger partial charge in [0.25, 0.3) is 5.91 Å². The topological polar surface area (TPSA) is 50.7 Å². The molecule has 0 radical (unpaired) electrons. The Morgan fingerprint density at radius 1 is 1.00 bits per heavy atom. The van der Waals surface area contributed by atoms with Crippen LogP contribution in [-0.4, -0.2) is 24.5 Å². The zero-order chi connectivity index (χ0) is 19.6. The fraction of sp³-hybridized carbons (Fsp3) is 0.130. The summed E-state index contributed by atoms with van der Waals surface area (Å²) < 4.78 is 5.77. The third kappa shape index (κ3) is 6.28. The lowest BCUT2D eigenvalue weighted by atomic mass is 10.2. The first-order valence-corrected chi connectivity index (χ1v) is 10.00. The van der Waals surface area contributed by atoms with E-state index in [0.29, 0.717) is 12.2 Å². The van der Waals surface area contributed by atoms with E-state index >= 15 is 0 Å². The number of carbonyl (C=O) groups is 1. The monoisotopic (exact) mass is 390 g/mol. The first kappa shape index (κ1) is 19.7. The van der Waals surface area contributed by atoms with Crippen molar-refractivity contribution in [1.82, 2.24) is 5.43 Å². The molecule has 0 saturated carbocycles. The molecule has 28 heavy (non-hydrogen) atoms. The van der Waals surface area contributed by atoms with Gasteiger partial charge in [0.05, 0.1) is 12.8 Å². The largest absolute Gasteiger partial charge is 0.493 e. The average molecular weight is 391 g/mol. The third-order valence-electron chi connectivity index (χ3n) is 3.94. The fourth-order valence-corrected chi connectivity index (χ4v) is 3.15. The van der Waals surface area contributed by atoms with Gasteiger partial charge in [-0.2, -0.15) is 5.10 Å². The predicted molar refractivity (Wildman–Crippen MR) is 115 cm³/mol. The summed E-state index contributed by atoms with van der Waals surface area (Å²) in [7, 11) is 0. The highest BCUT2D eigenvalue weighted by Gasteiger charge is 2.01. The molecule has 0 aromatic heterocycles. The van der Waals surface area contributed by atoms with Crippen molar-refractivity contribution in [3.63, 3.8) is 0 Å². The van der Waals surface area contributed by atoms with E-state index in [0.717, 1.165) is 17.1 Å². The normalized spacial score (nSPS) is 10.8. The van der Waals surface area contributed by atoms with Crippen molar-refractivity contribution >= 4 is 23.9 Å². The molecule has 0 heterocycles. The molecule has 0 atom stereocenters. The van der Waals surface area contributed by atoms with Crippen LogP contribution >= 0.6 is 11.8 Å². The van der Waals surface area contributed by atoms with Crippen LogP contribution in [0.5, 0.6) is 5.75 Å². The van der Waals surface area contributed by atoms with E-state index in [-0.39, 0.29) is 5.91 Å².